The Balaban J connectivity index is 2.97. The Morgan fingerprint density at radius 1 is 1.53 bits per heavy atom. The van der Waals surface area contributed by atoms with Crippen LogP contribution in [0.3, 0.4) is 0 Å². The van der Waals surface area contributed by atoms with E-state index in [1.165, 1.54) is 6.07 Å². The van der Waals surface area contributed by atoms with E-state index in [4.69, 9.17) is 4.74 Å². The third-order valence-corrected chi connectivity index (χ3v) is 2.33. The first-order chi connectivity index (χ1) is 7.02. The number of benzene rings is 1. The molecule has 1 rings (SSSR count). The molecule has 1 aromatic rings. The summed E-state index contributed by atoms with van der Waals surface area (Å²) in [6, 6.07) is 4.77. The van der Waals surface area contributed by atoms with Crippen molar-refractivity contribution in [3.63, 3.8) is 0 Å². The minimum atomic E-state index is -0.444. The maximum Gasteiger partial charge on any atom is 0.312 e. The van der Waals surface area contributed by atoms with Gasteiger partial charge in [-0.25, -0.2) is 0 Å². The summed E-state index contributed by atoms with van der Waals surface area (Å²) in [5.41, 5.74) is -0.00924. The van der Waals surface area contributed by atoms with Crippen molar-refractivity contribution >= 4 is 21.6 Å². The molecule has 0 saturated carbocycles. The second kappa shape index (κ2) is 5.11. The number of halogens is 1. The number of hydrogen-bond acceptors (Lipinski definition) is 3. The topological polar surface area (TPSA) is 52.4 Å². The Kier molecular flexibility index (Phi) is 4.08. The number of hydrogen-bond donors (Lipinski definition) is 0. The van der Waals surface area contributed by atoms with Gasteiger partial charge in [-0.1, -0.05) is 19.9 Å². The molecule has 15 heavy (non-hydrogen) atoms. The van der Waals surface area contributed by atoms with Crippen LogP contribution in [-0.4, -0.2) is 11.5 Å². The minimum absolute atomic E-state index is 0.00924. The van der Waals surface area contributed by atoms with Crippen molar-refractivity contribution in [2.45, 2.75) is 13.8 Å². The number of para-hydroxylation sites is 1. The third-order valence-electron chi connectivity index (χ3n) is 1.70. The number of rotatable bonds is 4. The summed E-state index contributed by atoms with van der Waals surface area (Å²) in [6.07, 6.45) is 0. The molecule has 0 heterocycles. The first-order valence-electron chi connectivity index (χ1n) is 4.58. The van der Waals surface area contributed by atoms with E-state index in [2.05, 4.69) is 15.9 Å². The van der Waals surface area contributed by atoms with E-state index in [1.807, 2.05) is 13.8 Å². The summed E-state index contributed by atoms with van der Waals surface area (Å²) < 4.78 is 6.01. The molecule has 0 unspecified atom stereocenters. The van der Waals surface area contributed by atoms with E-state index < -0.39 is 4.92 Å². The van der Waals surface area contributed by atoms with Crippen molar-refractivity contribution in [1.29, 1.82) is 0 Å². The fraction of sp³-hybridized carbons (Fsp3) is 0.400. The second-order valence-corrected chi connectivity index (χ2v) is 4.40. The summed E-state index contributed by atoms with van der Waals surface area (Å²) >= 11 is 3.24. The monoisotopic (exact) mass is 273 g/mol. The molecular weight excluding hydrogens is 262 g/mol. The Bertz CT molecular complexity index is 366. The quantitative estimate of drug-likeness (QED) is 0.624. The van der Waals surface area contributed by atoms with Gasteiger partial charge in [-0.2, -0.15) is 0 Å². The van der Waals surface area contributed by atoms with Gasteiger partial charge in [0.25, 0.3) is 0 Å². The van der Waals surface area contributed by atoms with Crippen LogP contribution in [0.2, 0.25) is 0 Å². The van der Waals surface area contributed by atoms with Gasteiger partial charge in [-0.15, -0.1) is 0 Å². The highest BCUT2D eigenvalue weighted by atomic mass is 79.9. The average molecular weight is 274 g/mol. The van der Waals surface area contributed by atoms with E-state index >= 15 is 0 Å². The van der Waals surface area contributed by atoms with Crippen LogP contribution in [0, 0.1) is 16.0 Å². The normalized spacial score (nSPS) is 10.4. The van der Waals surface area contributed by atoms with Gasteiger partial charge < -0.3 is 4.74 Å². The van der Waals surface area contributed by atoms with Crippen molar-refractivity contribution in [3.8, 4) is 5.75 Å². The van der Waals surface area contributed by atoms with E-state index in [0.717, 1.165) is 0 Å². The van der Waals surface area contributed by atoms with Crippen LogP contribution in [0.15, 0.2) is 22.7 Å². The van der Waals surface area contributed by atoms with Gasteiger partial charge >= 0.3 is 5.69 Å². The highest BCUT2D eigenvalue weighted by molar-refractivity contribution is 9.10. The molecule has 0 atom stereocenters. The predicted molar refractivity (Wildman–Crippen MR) is 61.1 cm³/mol. The van der Waals surface area contributed by atoms with Crippen molar-refractivity contribution in [2.24, 2.45) is 5.92 Å². The lowest BCUT2D eigenvalue weighted by Gasteiger charge is -2.10. The molecule has 0 saturated heterocycles. The van der Waals surface area contributed by atoms with Gasteiger partial charge in [-0.3, -0.25) is 10.1 Å². The molecule has 4 nitrogen and oxygen atoms in total. The zero-order valence-corrected chi connectivity index (χ0v) is 10.2. The van der Waals surface area contributed by atoms with Gasteiger partial charge in [-0.05, 0) is 27.9 Å². The van der Waals surface area contributed by atoms with Crippen LogP contribution < -0.4 is 4.74 Å². The van der Waals surface area contributed by atoms with Crippen molar-refractivity contribution in [3.05, 3.63) is 32.8 Å². The lowest BCUT2D eigenvalue weighted by molar-refractivity contribution is -0.386. The lowest BCUT2D eigenvalue weighted by atomic mass is 10.2. The van der Waals surface area contributed by atoms with Gasteiger partial charge in [0.1, 0.15) is 0 Å². The maximum atomic E-state index is 10.7. The maximum absolute atomic E-state index is 10.7. The fourth-order valence-electron chi connectivity index (χ4n) is 1.03. The third kappa shape index (κ3) is 3.20. The number of nitro benzene ring substituents is 1. The molecule has 0 fully saturated rings. The van der Waals surface area contributed by atoms with E-state index in [1.54, 1.807) is 12.1 Å². The zero-order valence-electron chi connectivity index (χ0n) is 8.57. The molecule has 0 aliphatic rings. The first kappa shape index (κ1) is 12.0. The van der Waals surface area contributed by atoms with E-state index in [0.29, 0.717) is 22.7 Å². The van der Waals surface area contributed by atoms with E-state index in [9.17, 15) is 10.1 Å². The average Bonchev–Trinajstić information content (AvgIpc) is 2.15. The summed E-state index contributed by atoms with van der Waals surface area (Å²) in [5.74, 6) is 0.632. The minimum Gasteiger partial charge on any atom is -0.486 e. The van der Waals surface area contributed by atoms with Crippen molar-refractivity contribution in [2.75, 3.05) is 6.61 Å². The van der Waals surface area contributed by atoms with E-state index in [-0.39, 0.29) is 5.69 Å². The van der Waals surface area contributed by atoms with Gasteiger partial charge in [0.15, 0.2) is 0 Å². The molecular formula is C10H12BrNO3. The predicted octanol–water partition coefficient (Wildman–Crippen LogP) is 3.39. The molecule has 82 valence electrons. The SMILES string of the molecule is CC(C)COc1c(Br)cccc1[N+](=O)[O-]. The lowest BCUT2D eigenvalue weighted by Crippen LogP contribution is -2.06. The molecule has 0 aromatic heterocycles. The summed E-state index contributed by atoms with van der Waals surface area (Å²) in [4.78, 5) is 10.3. The number of ether oxygens (including phenoxy) is 1. The van der Waals surface area contributed by atoms with Crippen LogP contribution >= 0.6 is 15.9 Å². The molecule has 0 radical (unpaired) electrons. The van der Waals surface area contributed by atoms with Gasteiger partial charge in [0.2, 0.25) is 5.75 Å². The summed E-state index contributed by atoms with van der Waals surface area (Å²) in [5, 5.41) is 10.7. The van der Waals surface area contributed by atoms with Crippen molar-refractivity contribution < 1.29 is 9.66 Å². The molecule has 1 aromatic carbocycles. The molecule has 0 aliphatic carbocycles. The summed E-state index contributed by atoms with van der Waals surface area (Å²) in [7, 11) is 0. The first-order valence-corrected chi connectivity index (χ1v) is 5.37. The second-order valence-electron chi connectivity index (χ2n) is 3.55. The highest BCUT2D eigenvalue weighted by Crippen LogP contribution is 2.34. The molecule has 5 heteroatoms. The van der Waals surface area contributed by atoms with Gasteiger partial charge in [0, 0.05) is 6.07 Å². The van der Waals surface area contributed by atoms with Crippen LogP contribution in [0.4, 0.5) is 5.69 Å². The molecule has 0 amide bonds. The molecule has 0 spiro atoms. The number of nitrogens with zero attached hydrogens (tertiary/aromatic N) is 1. The van der Waals surface area contributed by atoms with Crippen molar-refractivity contribution in [1.82, 2.24) is 0 Å². The van der Waals surface area contributed by atoms with Crippen LogP contribution in [-0.2, 0) is 0 Å². The fourth-order valence-corrected chi connectivity index (χ4v) is 1.50. The summed E-state index contributed by atoms with van der Waals surface area (Å²) in [6.45, 7) is 4.44. The van der Waals surface area contributed by atoms with Crippen LogP contribution in [0.1, 0.15) is 13.8 Å². The largest absolute Gasteiger partial charge is 0.486 e. The highest BCUT2D eigenvalue weighted by Gasteiger charge is 2.17. The Labute approximate surface area is 96.5 Å². The zero-order chi connectivity index (χ0) is 11.4. The smallest absolute Gasteiger partial charge is 0.312 e. The van der Waals surface area contributed by atoms with Gasteiger partial charge in [0.05, 0.1) is 16.0 Å². The van der Waals surface area contributed by atoms with Crippen LogP contribution in [0.5, 0.6) is 5.75 Å². The Morgan fingerprint density at radius 2 is 2.20 bits per heavy atom. The Morgan fingerprint density at radius 3 is 2.73 bits per heavy atom. The van der Waals surface area contributed by atoms with Crippen LogP contribution in [0.25, 0.3) is 0 Å². The standard InChI is InChI=1S/C10H12BrNO3/c1-7(2)6-15-10-8(11)4-3-5-9(10)12(13)14/h3-5,7H,6H2,1-2H3. The molecule has 0 N–H and O–H groups in total. The Hall–Kier alpha value is -1.10. The number of nitro groups is 1. The molecule has 0 bridgehead atoms. The molecule has 0 aliphatic heterocycles.